The minimum atomic E-state index is 1.08. The van der Waals surface area contributed by atoms with Crippen LogP contribution in [-0.4, -0.2) is 0 Å². The van der Waals surface area contributed by atoms with E-state index >= 15 is 0 Å². The van der Waals surface area contributed by atoms with Crippen molar-refractivity contribution < 1.29 is 0 Å². The molecular formula is C10H10. The molecule has 0 aromatic carbocycles. The van der Waals surface area contributed by atoms with E-state index in [1.165, 1.54) is 11.1 Å². The van der Waals surface area contributed by atoms with Crippen LogP contribution in [-0.2, 0) is 0 Å². The first-order valence-corrected chi connectivity index (χ1v) is 3.69. The number of hydrogen-bond donors (Lipinski definition) is 0. The molecule has 0 nitrogen and oxygen atoms in total. The Morgan fingerprint density at radius 3 is 3.20 bits per heavy atom. The van der Waals surface area contributed by atoms with Crippen LogP contribution in [0.25, 0.3) is 0 Å². The summed E-state index contributed by atoms with van der Waals surface area (Å²) in [7, 11) is 0. The van der Waals surface area contributed by atoms with E-state index in [2.05, 4.69) is 36.5 Å². The van der Waals surface area contributed by atoms with Crippen molar-refractivity contribution >= 4 is 0 Å². The summed E-state index contributed by atoms with van der Waals surface area (Å²) >= 11 is 0. The molecule has 0 radical (unpaired) electrons. The fourth-order valence-corrected chi connectivity index (χ4v) is 1.36. The Kier molecular flexibility index (Phi) is 1.31. The van der Waals surface area contributed by atoms with Gasteiger partial charge in [-0.3, -0.25) is 0 Å². The second kappa shape index (κ2) is 2.30. The monoisotopic (exact) mass is 130 g/mol. The molecule has 0 unspecified atom stereocenters. The van der Waals surface area contributed by atoms with Crippen molar-refractivity contribution in [2.24, 2.45) is 0 Å². The molecule has 0 saturated carbocycles. The average molecular weight is 130 g/mol. The largest absolute Gasteiger partial charge is 0.0807 e. The molecule has 0 aliphatic heterocycles. The lowest BCUT2D eigenvalue weighted by atomic mass is 10.1. The maximum Gasteiger partial charge on any atom is -0.00883 e. The predicted octanol–water partition coefficient (Wildman–Crippen LogP) is 2.76. The molecule has 50 valence electrons. The Morgan fingerprint density at radius 1 is 1.20 bits per heavy atom. The lowest BCUT2D eigenvalue weighted by molar-refractivity contribution is 1.30. The molecule has 0 aromatic heterocycles. The van der Waals surface area contributed by atoms with E-state index in [4.69, 9.17) is 0 Å². The summed E-state index contributed by atoms with van der Waals surface area (Å²) in [6.45, 7) is 0. The van der Waals surface area contributed by atoms with Gasteiger partial charge >= 0.3 is 0 Å². The molecule has 2 rings (SSSR count). The fraction of sp³-hybridized carbons (Fsp3) is 0.200. The van der Waals surface area contributed by atoms with Crippen LogP contribution in [0.15, 0.2) is 47.6 Å². The molecule has 0 spiro atoms. The van der Waals surface area contributed by atoms with E-state index < -0.39 is 0 Å². The van der Waals surface area contributed by atoms with Gasteiger partial charge in [0.2, 0.25) is 0 Å². The second-order valence-corrected chi connectivity index (χ2v) is 2.62. The second-order valence-electron chi connectivity index (χ2n) is 2.62. The van der Waals surface area contributed by atoms with Gasteiger partial charge in [0.25, 0.3) is 0 Å². The third-order valence-electron chi connectivity index (χ3n) is 1.91. The van der Waals surface area contributed by atoms with Gasteiger partial charge in [-0.25, -0.2) is 0 Å². The third-order valence-corrected chi connectivity index (χ3v) is 1.91. The number of rotatable bonds is 0. The molecule has 0 amide bonds. The topological polar surface area (TPSA) is 0 Å². The zero-order valence-electron chi connectivity index (χ0n) is 5.88. The normalized spacial score (nSPS) is 21.6. The van der Waals surface area contributed by atoms with Gasteiger partial charge in [0.15, 0.2) is 0 Å². The van der Waals surface area contributed by atoms with Crippen molar-refractivity contribution in [1.82, 2.24) is 0 Å². The average Bonchev–Trinajstić information content (AvgIpc) is 2.28. The molecule has 0 bridgehead atoms. The van der Waals surface area contributed by atoms with Crippen molar-refractivity contribution in [3.05, 3.63) is 47.6 Å². The van der Waals surface area contributed by atoms with Gasteiger partial charge < -0.3 is 0 Å². The van der Waals surface area contributed by atoms with Crippen molar-refractivity contribution in [2.45, 2.75) is 12.8 Å². The maximum atomic E-state index is 2.28. The molecule has 0 heterocycles. The summed E-state index contributed by atoms with van der Waals surface area (Å²) < 4.78 is 0. The van der Waals surface area contributed by atoms with Crippen LogP contribution in [0, 0.1) is 0 Å². The quantitative estimate of drug-likeness (QED) is 0.473. The van der Waals surface area contributed by atoms with Crippen LogP contribution >= 0.6 is 0 Å². The molecular weight excluding hydrogens is 120 g/mol. The standard InChI is InChI=1S/C10H10/c1-2-5-9-7-4-8-10(9)6-3-1/h1-2,4-6,8H,3,7H2. The minimum absolute atomic E-state index is 1.08. The van der Waals surface area contributed by atoms with Crippen molar-refractivity contribution in [1.29, 1.82) is 0 Å². The lowest BCUT2D eigenvalue weighted by Gasteiger charge is -1.94. The Bertz CT molecular complexity index is 249. The first kappa shape index (κ1) is 5.72. The van der Waals surface area contributed by atoms with Crippen molar-refractivity contribution in [3.63, 3.8) is 0 Å². The van der Waals surface area contributed by atoms with Crippen molar-refractivity contribution in [3.8, 4) is 0 Å². The van der Waals surface area contributed by atoms with E-state index in [-0.39, 0.29) is 0 Å². The molecule has 0 heteroatoms. The smallest absolute Gasteiger partial charge is 0.00883 e. The fourth-order valence-electron chi connectivity index (χ4n) is 1.36. The van der Waals surface area contributed by atoms with Crippen LogP contribution < -0.4 is 0 Å². The van der Waals surface area contributed by atoms with Gasteiger partial charge in [-0.05, 0) is 24.0 Å². The van der Waals surface area contributed by atoms with Crippen LogP contribution in [0.2, 0.25) is 0 Å². The zero-order chi connectivity index (χ0) is 6.81. The Labute approximate surface area is 61.3 Å². The summed E-state index contributed by atoms with van der Waals surface area (Å²) in [5.41, 5.74) is 2.89. The summed E-state index contributed by atoms with van der Waals surface area (Å²) in [6.07, 6.45) is 15.4. The number of fused-ring (bicyclic) bond motifs is 1. The maximum absolute atomic E-state index is 2.28. The molecule has 2 aliphatic carbocycles. The van der Waals surface area contributed by atoms with Crippen LogP contribution in [0.1, 0.15) is 12.8 Å². The van der Waals surface area contributed by atoms with Crippen molar-refractivity contribution in [2.75, 3.05) is 0 Å². The van der Waals surface area contributed by atoms with Gasteiger partial charge in [0, 0.05) is 0 Å². The van der Waals surface area contributed by atoms with Crippen LogP contribution in [0.4, 0.5) is 0 Å². The minimum Gasteiger partial charge on any atom is -0.0807 e. The van der Waals surface area contributed by atoms with Gasteiger partial charge in [0.1, 0.15) is 0 Å². The van der Waals surface area contributed by atoms with Gasteiger partial charge in [-0.15, -0.1) is 0 Å². The van der Waals surface area contributed by atoms with Crippen LogP contribution in [0.3, 0.4) is 0 Å². The molecule has 2 aliphatic rings. The number of hydrogen-bond acceptors (Lipinski definition) is 0. The Morgan fingerprint density at radius 2 is 2.20 bits per heavy atom. The summed E-state index contributed by atoms with van der Waals surface area (Å²) in [6, 6.07) is 0. The highest BCUT2D eigenvalue weighted by molar-refractivity contribution is 5.48. The van der Waals surface area contributed by atoms with Gasteiger partial charge in [-0.2, -0.15) is 0 Å². The highest BCUT2D eigenvalue weighted by Gasteiger charge is 2.05. The Balaban J connectivity index is 2.40. The lowest BCUT2D eigenvalue weighted by Crippen LogP contribution is -1.75. The van der Waals surface area contributed by atoms with E-state index in [1.54, 1.807) is 0 Å². The molecule has 0 atom stereocenters. The van der Waals surface area contributed by atoms with E-state index in [0.29, 0.717) is 0 Å². The van der Waals surface area contributed by atoms with Gasteiger partial charge in [-0.1, -0.05) is 36.5 Å². The molecule has 0 N–H and O–H groups in total. The molecule has 0 saturated heterocycles. The van der Waals surface area contributed by atoms with E-state index in [1.807, 2.05) is 0 Å². The first-order chi connectivity index (χ1) is 4.97. The summed E-state index contributed by atoms with van der Waals surface area (Å²) in [5, 5.41) is 0. The molecule has 0 fully saturated rings. The Hall–Kier alpha value is -1.04. The summed E-state index contributed by atoms with van der Waals surface area (Å²) in [5.74, 6) is 0. The third kappa shape index (κ3) is 0.860. The van der Waals surface area contributed by atoms with E-state index in [0.717, 1.165) is 12.8 Å². The predicted molar refractivity (Wildman–Crippen MR) is 43.7 cm³/mol. The molecule has 0 aromatic rings. The zero-order valence-corrected chi connectivity index (χ0v) is 5.88. The van der Waals surface area contributed by atoms with Gasteiger partial charge in [0.05, 0.1) is 0 Å². The first-order valence-electron chi connectivity index (χ1n) is 3.69. The highest BCUT2D eigenvalue weighted by Crippen LogP contribution is 2.25. The van der Waals surface area contributed by atoms with Crippen LogP contribution in [0.5, 0.6) is 0 Å². The highest BCUT2D eigenvalue weighted by atomic mass is 14.1. The SMILES string of the molecule is C1=CCC=C2C=CCC2=C1. The number of allylic oxidation sites excluding steroid dienone is 8. The molecule has 10 heavy (non-hydrogen) atoms. The summed E-state index contributed by atoms with van der Waals surface area (Å²) in [4.78, 5) is 0. The van der Waals surface area contributed by atoms with E-state index in [9.17, 15) is 0 Å².